The largest absolute Gasteiger partial charge is 0.349 e. The Morgan fingerprint density at radius 3 is 2.73 bits per heavy atom. The minimum atomic E-state index is 0.0243. The molecular weight excluding hydrogens is 342 g/mol. The molecule has 0 fully saturated rings. The molecule has 1 aromatic heterocycles. The SMILES string of the molecule is O=C(CCc1ccccc1Br)NCc1nc2ccccc2[nH]1. The molecule has 0 aliphatic heterocycles. The van der Waals surface area contributed by atoms with Crippen LogP contribution in [0.1, 0.15) is 17.8 Å². The highest BCUT2D eigenvalue weighted by atomic mass is 79.9. The maximum absolute atomic E-state index is 11.9. The van der Waals surface area contributed by atoms with Crippen LogP contribution in [-0.2, 0) is 17.8 Å². The van der Waals surface area contributed by atoms with E-state index in [2.05, 4.69) is 31.2 Å². The van der Waals surface area contributed by atoms with Crippen molar-refractivity contribution in [2.24, 2.45) is 0 Å². The summed E-state index contributed by atoms with van der Waals surface area (Å²) in [5.41, 5.74) is 3.04. The van der Waals surface area contributed by atoms with Crippen molar-refractivity contribution in [1.82, 2.24) is 15.3 Å². The fourth-order valence-electron chi connectivity index (χ4n) is 2.31. The van der Waals surface area contributed by atoms with E-state index in [1.54, 1.807) is 0 Å². The van der Waals surface area contributed by atoms with Crippen LogP contribution in [0.25, 0.3) is 11.0 Å². The molecule has 0 atom stereocenters. The molecule has 1 heterocycles. The van der Waals surface area contributed by atoms with Crippen molar-refractivity contribution in [2.75, 3.05) is 0 Å². The van der Waals surface area contributed by atoms with Crippen molar-refractivity contribution in [3.63, 3.8) is 0 Å². The molecule has 0 spiro atoms. The first-order chi connectivity index (χ1) is 10.7. The molecular formula is C17H16BrN3O. The number of benzene rings is 2. The molecule has 22 heavy (non-hydrogen) atoms. The summed E-state index contributed by atoms with van der Waals surface area (Å²) in [5.74, 6) is 0.798. The monoisotopic (exact) mass is 357 g/mol. The number of carbonyl (C=O) groups excluding carboxylic acids is 1. The van der Waals surface area contributed by atoms with Gasteiger partial charge in [-0.25, -0.2) is 4.98 Å². The summed E-state index contributed by atoms with van der Waals surface area (Å²) in [7, 11) is 0. The molecule has 3 aromatic rings. The lowest BCUT2D eigenvalue weighted by Gasteiger charge is -2.05. The van der Waals surface area contributed by atoms with Gasteiger partial charge in [-0.05, 0) is 30.2 Å². The highest BCUT2D eigenvalue weighted by molar-refractivity contribution is 9.10. The van der Waals surface area contributed by atoms with Gasteiger partial charge in [-0.2, -0.15) is 0 Å². The number of amides is 1. The van der Waals surface area contributed by atoms with Crippen LogP contribution in [-0.4, -0.2) is 15.9 Å². The summed E-state index contributed by atoms with van der Waals surface area (Å²) >= 11 is 3.49. The van der Waals surface area contributed by atoms with Gasteiger partial charge in [0.05, 0.1) is 17.6 Å². The van der Waals surface area contributed by atoms with E-state index >= 15 is 0 Å². The predicted molar refractivity (Wildman–Crippen MR) is 90.4 cm³/mol. The first-order valence-corrected chi connectivity index (χ1v) is 7.95. The summed E-state index contributed by atoms with van der Waals surface area (Å²) in [6.45, 7) is 0.420. The van der Waals surface area contributed by atoms with Crippen LogP contribution in [0.3, 0.4) is 0 Å². The number of carbonyl (C=O) groups is 1. The molecule has 2 N–H and O–H groups in total. The van der Waals surface area contributed by atoms with Crippen molar-refractivity contribution in [2.45, 2.75) is 19.4 Å². The van der Waals surface area contributed by atoms with Gasteiger partial charge in [0, 0.05) is 10.9 Å². The summed E-state index contributed by atoms with van der Waals surface area (Å²) < 4.78 is 1.04. The summed E-state index contributed by atoms with van der Waals surface area (Å²) in [4.78, 5) is 19.6. The van der Waals surface area contributed by atoms with E-state index in [1.807, 2.05) is 48.5 Å². The third kappa shape index (κ3) is 3.54. The minimum Gasteiger partial charge on any atom is -0.349 e. The van der Waals surface area contributed by atoms with Gasteiger partial charge >= 0.3 is 0 Å². The molecule has 5 heteroatoms. The number of fused-ring (bicyclic) bond motifs is 1. The van der Waals surface area contributed by atoms with Gasteiger partial charge in [-0.15, -0.1) is 0 Å². The Morgan fingerprint density at radius 2 is 1.91 bits per heavy atom. The van der Waals surface area contributed by atoms with Crippen molar-refractivity contribution < 1.29 is 4.79 Å². The molecule has 0 radical (unpaired) electrons. The third-order valence-electron chi connectivity index (χ3n) is 3.47. The van der Waals surface area contributed by atoms with Gasteiger partial charge in [-0.3, -0.25) is 4.79 Å². The number of hydrogen-bond acceptors (Lipinski definition) is 2. The number of aryl methyl sites for hydroxylation is 1. The second-order valence-corrected chi connectivity index (χ2v) is 5.92. The number of para-hydroxylation sites is 2. The number of aromatic amines is 1. The first kappa shape index (κ1) is 14.8. The molecule has 1 amide bonds. The number of rotatable bonds is 5. The first-order valence-electron chi connectivity index (χ1n) is 7.16. The van der Waals surface area contributed by atoms with Crippen molar-refractivity contribution >= 4 is 32.9 Å². The highest BCUT2D eigenvalue weighted by Crippen LogP contribution is 2.17. The van der Waals surface area contributed by atoms with Gasteiger partial charge in [0.25, 0.3) is 0 Å². The number of hydrogen-bond donors (Lipinski definition) is 2. The van der Waals surface area contributed by atoms with E-state index in [4.69, 9.17) is 0 Å². The van der Waals surface area contributed by atoms with Crippen LogP contribution in [0.5, 0.6) is 0 Å². The molecule has 3 rings (SSSR count). The maximum Gasteiger partial charge on any atom is 0.220 e. The second kappa shape index (κ2) is 6.75. The fraction of sp³-hybridized carbons (Fsp3) is 0.176. The van der Waals surface area contributed by atoms with E-state index in [9.17, 15) is 4.79 Å². The molecule has 4 nitrogen and oxygen atoms in total. The van der Waals surface area contributed by atoms with Gasteiger partial charge in [0.15, 0.2) is 0 Å². The zero-order valence-electron chi connectivity index (χ0n) is 12.0. The number of aromatic nitrogens is 2. The Morgan fingerprint density at radius 1 is 1.14 bits per heavy atom. The topological polar surface area (TPSA) is 57.8 Å². The third-order valence-corrected chi connectivity index (χ3v) is 4.24. The average Bonchev–Trinajstić information content (AvgIpc) is 2.95. The maximum atomic E-state index is 11.9. The van der Waals surface area contributed by atoms with E-state index in [0.29, 0.717) is 19.4 Å². The standard InChI is InChI=1S/C17H16BrN3O/c18-13-6-2-1-5-12(13)9-10-17(22)19-11-16-20-14-7-3-4-8-15(14)21-16/h1-8H,9-11H2,(H,19,22)(H,20,21). The molecule has 0 saturated heterocycles. The Labute approximate surface area is 137 Å². The normalized spacial score (nSPS) is 10.8. The quantitative estimate of drug-likeness (QED) is 0.733. The molecule has 0 saturated carbocycles. The lowest BCUT2D eigenvalue weighted by Crippen LogP contribution is -2.23. The molecule has 0 aliphatic rings. The number of nitrogens with zero attached hydrogens (tertiary/aromatic N) is 1. The zero-order valence-corrected chi connectivity index (χ0v) is 13.6. The number of H-pyrrole nitrogens is 1. The van der Waals surface area contributed by atoms with Crippen LogP contribution in [0, 0.1) is 0 Å². The number of nitrogens with one attached hydrogen (secondary N) is 2. The van der Waals surface area contributed by atoms with Crippen LogP contribution >= 0.6 is 15.9 Å². The predicted octanol–water partition coefficient (Wildman–Crippen LogP) is 3.57. The summed E-state index contributed by atoms with van der Waals surface area (Å²) in [5, 5.41) is 2.90. The fourth-order valence-corrected chi connectivity index (χ4v) is 2.79. The molecule has 0 bridgehead atoms. The number of halogens is 1. The average molecular weight is 358 g/mol. The highest BCUT2D eigenvalue weighted by Gasteiger charge is 2.06. The summed E-state index contributed by atoms with van der Waals surface area (Å²) in [6.07, 6.45) is 1.18. The van der Waals surface area contributed by atoms with Crippen molar-refractivity contribution in [1.29, 1.82) is 0 Å². The van der Waals surface area contributed by atoms with Gasteiger partial charge < -0.3 is 10.3 Å². The Hall–Kier alpha value is -2.14. The lowest BCUT2D eigenvalue weighted by atomic mass is 10.1. The minimum absolute atomic E-state index is 0.0243. The van der Waals surface area contributed by atoms with Crippen LogP contribution in [0.2, 0.25) is 0 Å². The smallest absolute Gasteiger partial charge is 0.220 e. The summed E-state index contributed by atoms with van der Waals surface area (Å²) in [6, 6.07) is 15.8. The van der Waals surface area contributed by atoms with E-state index in [-0.39, 0.29) is 5.91 Å². The zero-order chi connectivity index (χ0) is 15.4. The molecule has 0 aliphatic carbocycles. The Kier molecular flexibility index (Phi) is 4.53. The molecule has 112 valence electrons. The van der Waals surface area contributed by atoms with Crippen LogP contribution in [0.4, 0.5) is 0 Å². The Balaban J connectivity index is 1.53. The van der Waals surface area contributed by atoms with Gasteiger partial charge in [-0.1, -0.05) is 46.3 Å². The number of imidazole rings is 1. The second-order valence-electron chi connectivity index (χ2n) is 5.07. The van der Waals surface area contributed by atoms with Gasteiger partial charge in [0.1, 0.15) is 5.82 Å². The molecule has 2 aromatic carbocycles. The van der Waals surface area contributed by atoms with E-state index in [1.165, 1.54) is 0 Å². The van der Waals surface area contributed by atoms with Crippen LogP contribution < -0.4 is 5.32 Å². The van der Waals surface area contributed by atoms with Crippen LogP contribution in [0.15, 0.2) is 53.0 Å². The lowest BCUT2D eigenvalue weighted by molar-refractivity contribution is -0.121. The van der Waals surface area contributed by atoms with Gasteiger partial charge in [0.2, 0.25) is 5.91 Å². The van der Waals surface area contributed by atoms with Crippen molar-refractivity contribution in [3.05, 3.63) is 64.4 Å². The van der Waals surface area contributed by atoms with E-state index < -0.39 is 0 Å². The van der Waals surface area contributed by atoms with Crippen molar-refractivity contribution in [3.8, 4) is 0 Å². The Bertz CT molecular complexity index is 764. The molecule has 0 unspecified atom stereocenters. The van der Waals surface area contributed by atoms with E-state index in [0.717, 1.165) is 26.9 Å².